The first-order valence-electron chi connectivity index (χ1n) is 9.85. The largest absolute Gasteiger partial charge is 0.328 e. The van der Waals surface area contributed by atoms with Crippen LogP contribution < -0.4 is 10.2 Å². The molecule has 0 bridgehead atoms. The first-order chi connectivity index (χ1) is 13.7. The molecular weight excluding hydrogens is 386 g/mol. The van der Waals surface area contributed by atoms with E-state index < -0.39 is 10.0 Å². The van der Waals surface area contributed by atoms with E-state index in [0.717, 1.165) is 12.0 Å². The van der Waals surface area contributed by atoms with Crippen LogP contribution in [0.1, 0.15) is 49.5 Å². The third-order valence-corrected chi connectivity index (χ3v) is 6.09. The van der Waals surface area contributed by atoms with Gasteiger partial charge < -0.3 is 10.2 Å². The van der Waals surface area contributed by atoms with E-state index in [4.69, 9.17) is 0 Å². The number of sulfonamides is 1. The normalized spacial score (nSPS) is 15.1. The van der Waals surface area contributed by atoms with Crippen LogP contribution in [0.25, 0.3) is 0 Å². The highest BCUT2D eigenvalue weighted by Gasteiger charge is 2.31. The Morgan fingerprint density at radius 2 is 1.90 bits per heavy atom. The second-order valence-electron chi connectivity index (χ2n) is 7.68. The summed E-state index contributed by atoms with van der Waals surface area (Å²) < 4.78 is 29.8. The van der Waals surface area contributed by atoms with Gasteiger partial charge in [0.15, 0.2) is 0 Å². The summed E-state index contributed by atoms with van der Waals surface area (Å²) in [5.41, 5.74) is 2.46. The van der Waals surface area contributed by atoms with Gasteiger partial charge in [-0.25, -0.2) is 0 Å². The summed E-state index contributed by atoms with van der Waals surface area (Å²) in [4.78, 5) is 14.7. The third-order valence-electron chi connectivity index (χ3n) is 4.75. The van der Waals surface area contributed by atoms with E-state index >= 15 is 0 Å². The fraction of sp³-hybridized carbons (Fsp3) is 0.364. The molecule has 0 atom stereocenters. The van der Waals surface area contributed by atoms with Gasteiger partial charge in [-0.15, -0.1) is 4.40 Å². The summed E-state index contributed by atoms with van der Waals surface area (Å²) in [6.45, 7) is 8.67. The van der Waals surface area contributed by atoms with Gasteiger partial charge in [0, 0.05) is 24.2 Å². The average molecular weight is 414 g/mol. The number of amidine groups is 1. The zero-order chi connectivity index (χ0) is 21.2. The van der Waals surface area contributed by atoms with Crippen LogP contribution in [-0.4, -0.2) is 26.7 Å². The van der Waals surface area contributed by atoms with Crippen molar-refractivity contribution in [1.29, 1.82) is 0 Å². The molecule has 29 heavy (non-hydrogen) atoms. The van der Waals surface area contributed by atoms with E-state index in [1.807, 2.05) is 44.7 Å². The van der Waals surface area contributed by atoms with Gasteiger partial charge in [-0.1, -0.05) is 39.0 Å². The van der Waals surface area contributed by atoms with E-state index in [0.29, 0.717) is 35.7 Å². The first-order valence-corrected chi connectivity index (χ1v) is 11.3. The summed E-state index contributed by atoms with van der Waals surface area (Å²) >= 11 is 0. The van der Waals surface area contributed by atoms with Crippen molar-refractivity contribution in [2.24, 2.45) is 10.3 Å². The molecule has 0 saturated carbocycles. The van der Waals surface area contributed by atoms with E-state index in [1.165, 1.54) is 6.07 Å². The van der Waals surface area contributed by atoms with Crippen LogP contribution >= 0.6 is 0 Å². The topological polar surface area (TPSA) is 78.8 Å². The third kappa shape index (κ3) is 4.50. The van der Waals surface area contributed by atoms with E-state index in [-0.39, 0.29) is 16.7 Å². The van der Waals surface area contributed by atoms with Crippen LogP contribution in [0.2, 0.25) is 0 Å². The highest BCUT2D eigenvalue weighted by Crippen LogP contribution is 2.35. The van der Waals surface area contributed by atoms with Crippen LogP contribution in [0.3, 0.4) is 0 Å². The highest BCUT2D eigenvalue weighted by molar-refractivity contribution is 7.90. The molecule has 6 nitrogen and oxygen atoms in total. The zero-order valence-corrected chi connectivity index (χ0v) is 18.1. The Bertz CT molecular complexity index is 1060. The summed E-state index contributed by atoms with van der Waals surface area (Å²) in [7, 11) is -3.82. The van der Waals surface area contributed by atoms with E-state index in [2.05, 4.69) is 9.71 Å². The molecule has 1 aliphatic rings. The number of aryl methyl sites for hydroxylation is 1. The standard InChI is InChI=1S/C22H27N3O3S/c1-5-12-25-19-11-10-17(23-22(26)18-9-7-6-8-16(18)4)14-20(19)29(27,28)24-21(25)13-15(2)3/h6-11,14-15H,5,12-13H2,1-4H3,(H,23,26). The molecule has 0 spiro atoms. The molecule has 0 fully saturated rings. The first kappa shape index (κ1) is 21.0. The molecule has 1 heterocycles. The van der Waals surface area contributed by atoms with Crippen molar-refractivity contribution in [3.05, 3.63) is 53.6 Å². The zero-order valence-electron chi connectivity index (χ0n) is 17.3. The Morgan fingerprint density at radius 1 is 1.17 bits per heavy atom. The van der Waals surface area contributed by atoms with Crippen molar-refractivity contribution >= 4 is 33.1 Å². The van der Waals surface area contributed by atoms with Crippen LogP contribution in [0.15, 0.2) is 51.8 Å². The Balaban J connectivity index is 1.97. The molecule has 0 radical (unpaired) electrons. The Morgan fingerprint density at radius 3 is 2.55 bits per heavy atom. The van der Waals surface area contributed by atoms with Crippen LogP contribution in [0.4, 0.5) is 11.4 Å². The molecule has 0 aromatic heterocycles. The number of hydrogen-bond acceptors (Lipinski definition) is 4. The molecule has 0 aliphatic carbocycles. The Kier molecular flexibility index (Phi) is 6.07. The highest BCUT2D eigenvalue weighted by atomic mass is 32.2. The summed E-state index contributed by atoms with van der Waals surface area (Å²) in [5, 5.41) is 2.81. The predicted octanol–water partition coefficient (Wildman–Crippen LogP) is 4.61. The van der Waals surface area contributed by atoms with Crippen molar-refractivity contribution in [1.82, 2.24) is 0 Å². The minimum atomic E-state index is -3.82. The van der Waals surface area contributed by atoms with Gasteiger partial charge >= 0.3 is 0 Å². The van der Waals surface area contributed by atoms with Gasteiger partial charge in [0.25, 0.3) is 15.9 Å². The van der Waals surface area contributed by atoms with Crippen LogP contribution in [-0.2, 0) is 10.0 Å². The van der Waals surface area contributed by atoms with E-state index in [9.17, 15) is 13.2 Å². The molecule has 2 aromatic rings. The quantitative estimate of drug-likeness (QED) is 0.750. The molecule has 154 valence electrons. The lowest BCUT2D eigenvalue weighted by atomic mass is 10.1. The van der Waals surface area contributed by atoms with Crippen molar-refractivity contribution in [3.8, 4) is 0 Å². The van der Waals surface area contributed by atoms with Crippen molar-refractivity contribution in [2.45, 2.75) is 45.4 Å². The lowest BCUT2D eigenvalue weighted by molar-refractivity contribution is 0.102. The van der Waals surface area contributed by atoms with Crippen molar-refractivity contribution < 1.29 is 13.2 Å². The molecule has 1 amide bonds. The molecule has 7 heteroatoms. The summed E-state index contributed by atoms with van der Waals surface area (Å²) in [6, 6.07) is 12.3. The Hall–Kier alpha value is -2.67. The van der Waals surface area contributed by atoms with Gasteiger partial charge in [0.1, 0.15) is 10.7 Å². The maximum absolute atomic E-state index is 12.8. The lowest BCUT2D eigenvalue weighted by Crippen LogP contribution is -2.37. The molecule has 3 rings (SSSR count). The smallest absolute Gasteiger partial charge is 0.286 e. The lowest BCUT2D eigenvalue weighted by Gasteiger charge is -2.31. The number of nitrogens with zero attached hydrogens (tertiary/aromatic N) is 2. The maximum Gasteiger partial charge on any atom is 0.286 e. The number of carbonyl (C=O) groups excluding carboxylic acids is 1. The fourth-order valence-electron chi connectivity index (χ4n) is 3.41. The van der Waals surface area contributed by atoms with Gasteiger partial charge in [0.05, 0.1) is 5.69 Å². The minimum absolute atomic E-state index is 0.126. The van der Waals surface area contributed by atoms with Gasteiger partial charge in [0.2, 0.25) is 0 Å². The minimum Gasteiger partial charge on any atom is -0.328 e. The fourth-order valence-corrected chi connectivity index (χ4v) is 4.68. The second kappa shape index (κ2) is 8.37. The molecule has 0 unspecified atom stereocenters. The molecule has 0 saturated heterocycles. The number of nitrogens with one attached hydrogen (secondary N) is 1. The average Bonchev–Trinajstić information content (AvgIpc) is 2.64. The predicted molar refractivity (Wildman–Crippen MR) is 117 cm³/mol. The van der Waals surface area contributed by atoms with Gasteiger partial charge in [-0.05, 0) is 49.1 Å². The van der Waals surface area contributed by atoms with Crippen LogP contribution in [0, 0.1) is 12.8 Å². The summed E-state index contributed by atoms with van der Waals surface area (Å²) in [5.74, 6) is 0.592. The van der Waals surface area contributed by atoms with Crippen molar-refractivity contribution in [2.75, 3.05) is 16.8 Å². The summed E-state index contributed by atoms with van der Waals surface area (Å²) in [6.07, 6.45) is 1.45. The monoisotopic (exact) mass is 413 g/mol. The number of anilines is 2. The maximum atomic E-state index is 12.8. The number of hydrogen-bond donors (Lipinski definition) is 1. The Labute approximate surface area is 172 Å². The number of rotatable bonds is 6. The molecule has 1 aliphatic heterocycles. The number of fused-ring (bicyclic) bond motifs is 1. The van der Waals surface area contributed by atoms with Gasteiger partial charge in [-0.3, -0.25) is 4.79 Å². The molecule has 1 N–H and O–H groups in total. The van der Waals surface area contributed by atoms with Crippen LogP contribution in [0.5, 0.6) is 0 Å². The molecule has 2 aromatic carbocycles. The van der Waals surface area contributed by atoms with Crippen molar-refractivity contribution in [3.63, 3.8) is 0 Å². The number of benzene rings is 2. The number of carbonyl (C=O) groups is 1. The molecular formula is C22H27N3O3S. The van der Waals surface area contributed by atoms with E-state index in [1.54, 1.807) is 24.3 Å². The SMILES string of the molecule is CCCN1C(CC(C)C)=NS(=O)(=O)c2cc(NC(=O)c3ccccc3C)ccc21. The number of amides is 1. The second-order valence-corrected chi connectivity index (χ2v) is 9.26. The van der Waals surface area contributed by atoms with Gasteiger partial charge in [-0.2, -0.15) is 8.42 Å².